The molecule has 0 saturated carbocycles. The molecule has 2 amide bonds. The quantitative estimate of drug-likeness (QED) is 0.769. The first-order valence-corrected chi connectivity index (χ1v) is 7.10. The molecule has 0 saturated heterocycles. The molecule has 5 nitrogen and oxygen atoms in total. The van der Waals surface area contributed by atoms with Crippen LogP contribution in [0.5, 0.6) is 5.75 Å². The van der Waals surface area contributed by atoms with E-state index in [0.29, 0.717) is 25.4 Å². The largest absolute Gasteiger partial charge is 0.494 e. The maximum absolute atomic E-state index is 12.1. The number of amides is 2. The van der Waals surface area contributed by atoms with E-state index in [2.05, 4.69) is 12.2 Å². The number of nitrogens with one attached hydrogen (secondary N) is 1. The third-order valence-electron chi connectivity index (χ3n) is 2.84. The molecule has 1 rings (SSSR count). The van der Waals surface area contributed by atoms with Gasteiger partial charge >= 0.3 is 6.03 Å². The van der Waals surface area contributed by atoms with Crippen molar-refractivity contribution in [3.05, 3.63) is 24.3 Å². The van der Waals surface area contributed by atoms with E-state index >= 15 is 0 Å². The molecule has 0 fully saturated rings. The maximum Gasteiger partial charge on any atom is 0.321 e. The van der Waals surface area contributed by atoms with Crippen molar-refractivity contribution in [2.24, 2.45) is 0 Å². The number of urea groups is 1. The number of anilines is 1. The molecule has 0 aliphatic heterocycles. The van der Waals surface area contributed by atoms with Crippen molar-refractivity contribution in [2.45, 2.75) is 26.7 Å². The van der Waals surface area contributed by atoms with Crippen LogP contribution in [0.1, 0.15) is 26.7 Å². The fourth-order valence-corrected chi connectivity index (χ4v) is 1.82. The zero-order valence-electron chi connectivity index (χ0n) is 12.3. The third kappa shape index (κ3) is 5.48. The second-order valence-corrected chi connectivity index (χ2v) is 4.46. The van der Waals surface area contributed by atoms with Gasteiger partial charge in [0.15, 0.2) is 0 Å². The second-order valence-electron chi connectivity index (χ2n) is 4.46. The van der Waals surface area contributed by atoms with Gasteiger partial charge in [0, 0.05) is 24.8 Å². The first kappa shape index (κ1) is 16.3. The van der Waals surface area contributed by atoms with Crippen LogP contribution in [0.3, 0.4) is 0 Å². The van der Waals surface area contributed by atoms with Crippen molar-refractivity contribution in [3.8, 4) is 5.75 Å². The highest BCUT2D eigenvalue weighted by Gasteiger charge is 2.12. The van der Waals surface area contributed by atoms with Crippen molar-refractivity contribution in [1.82, 2.24) is 4.90 Å². The Morgan fingerprint density at radius 3 is 2.80 bits per heavy atom. The van der Waals surface area contributed by atoms with Gasteiger partial charge in [-0.15, -0.1) is 0 Å². The Morgan fingerprint density at radius 2 is 2.15 bits per heavy atom. The van der Waals surface area contributed by atoms with Crippen LogP contribution in [0.15, 0.2) is 24.3 Å². The van der Waals surface area contributed by atoms with Crippen LogP contribution in [0.25, 0.3) is 0 Å². The van der Waals surface area contributed by atoms with Gasteiger partial charge in [-0.05, 0) is 25.5 Å². The summed E-state index contributed by atoms with van der Waals surface area (Å²) >= 11 is 0. The fraction of sp³-hybridized carbons (Fsp3) is 0.533. The van der Waals surface area contributed by atoms with Crippen molar-refractivity contribution >= 4 is 11.7 Å². The summed E-state index contributed by atoms with van der Waals surface area (Å²) in [5.41, 5.74) is 0.695. The highest BCUT2D eigenvalue weighted by molar-refractivity contribution is 5.89. The lowest BCUT2D eigenvalue weighted by Crippen LogP contribution is -2.37. The SMILES string of the molecule is CCCCN(CCO)C(=O)Nc1cccc(OCC)c1. The fourth-order valence-electron chi connectivity index (χ4n) is 1.82. The second kappa shape index (κ2) is 9.20. The molecule has 0 aliphatic rings. The highest BCUT2D eigenvalue weighted by Crippen LogP contribution is 2.17. The number of unbranched alkanes of at least 4 members (excludes halogenated alkanes) is 1. The van der Waals surface area contributed by atoms with Gasteiger partial charge in [0.1, 0.15) is 5.75 Å². The van der Waals surface area contributed by atoms with Crippen LogP contribution >= 0.6 is 0 Å². The molecule has 1 aromatic carbocycles. The zero-order valence-corrected chi connectivity index (χ0v) is 12.3. The lowest BCUT2D eigenvalue weighted by atomic mass is 10.3. The van der Waals surface area contributed by atoms with E-state index in [1.807, 2.05) is 25.1 Å². The van der Waals surface area contributed by atoms with E-state index in [9.17, 15) is 4.79 Å². The molecule has 112 valence electrons. The minimum Gasteiger partial charge on any atom is -0.494 e. The minimum atomic E-state index is -0.193. The Bertz CT molecular complexity index is 410. The number of carbonyl (C=O) groups is 1. The van der Waals surface area contributed by atoms with Crippen molar-refractivity contribution < 1.29 is 14.6 Å². The Morgan fingerprint density at radius 1 is 1.35 bits per heavy atom. The summed E-state index contributed by atoms with van der Waals surface area (Å²) in [7, 11) is 0. The Hall–Kier alpha value is -1.75. The number of carbonyl (C=O) groups excluding carboxylic acids is 1. The zero-order chi connectivity index (χ0) is 14.8. The number of ether oxygens (including phenoxy) is 1. The van der Waals surface area contributed by atoms with Crippen LogP contribution < -0.4 is 10.1 Å². The van der Waals surface area contributed by atoms with Gasteiger partial charge in [0.25, 0.3) is 0 Å². The molecule has 0 heterocycles. The average Bonchev–Trinajstić information content (AvgIpc) is 2.44. The van der Waals surface area contributed by atoms with E-state index in [-0.39, 0.29) is 12.6 Å². The first-order valence-electron chi connectivity index (χ1n) is 7.10. The summed E-state index contributed by atoms with van der Waals surface area (Å²) in [6, 6.07) is 7.10. The monoisotopic (exact) mass is 280 g/mol. The summed E-state index contributed by atoms with van der Waals surface area (Å²) in [5.74, 6) is 0.729. The molecule has 0 unspecified atom stereocenters. The first-order chi connectivity index (χ1) is 9.71. The summed E-state index contributed by atoms with van der Waals surface area (Å²) in [5, 5.41) is 11.9. The van der Waals surface area contributed by atoms with Crippen molar-refractivity contribution in [3.63, 3.8) is 0 Å². The van der Waals surface area contributed by atoms with Gasteiger partial charge in [-0.25, -0.2) is 4.79 Å². The molecular formula is C15H24N2O3. The summed E-state index contributed by atoms with van der Waals surface area (Å²) in [6.45, 7) is 5.53. The molecule has 0 bridgehead atoms. The van der Waals surface area contributed by atoms with Gasteiger partial charge in [-0.3, -0.25) is 0 Å². The minimum absolute atomic E-state index is 0.0316. The van der Waals surface area contributed by atoms with Crippen molar-refractivity contribution in [2.75, 3.05) is 31.6 Å². The number of rotatable bonds is 8. The lowest BCUT2D eigenvalue weighted by Gasteiger charge is -2.22. The molecule has 0 spiro atoms. The van der Waals surface area contributed by atoms with E-state index in [0.717, 1.165) is 18.6 Å². The molecule has 5 heteroatoms. The standard InChI is InChI=1S/C15H24N2O3/c1-3-5-9-17(10-11-18)15(19)16-13-7-6-8-14(12-13)20-4-2/h6-8,12,18H,3-5,9-11H2,1-2H3,(H,16,19). The average molecular weight is 280 g/mol. The van der Waals surface area contributed by atoms with Crippen LogP contribution in [-0.4, -0.2) is 42.3 Å². The number of aliphatic hydroxyl groups excluding tert-OH is 1. The molecule has 0 atom stereocenters. The summed E-state index contributed by atoms with van der Waals surface area (Å²) < 4.78 is 5.40. The van der Waals surface area contributed by atoms with Gasteiger partial charge in [-0.2, -0.15) is 0 Å². The number of nitrogens with zero attached hydrogens (tertiary/aromatic N) is 1. The van der Waals surface area contributed by atoms with Gasteiger partial charge < -0.3 is 20.1 Å². The normalized spacial score (nSPS) is 10.2. The van der Waals surface area contributed by atoms with E-state index in [1.54, 1.807) is 11.0 Å². The summed E-state index contributed by atoms with van der Waals surface area (Å²) in [6.07, 6.45) is 1.93. The molecule has 0 aliphatic carbocycles. The van der Waals surface area contributed by atoms with Crippen LogP contribution in [0.4, 0.5) is 10.5 Å². The van der Waals surface area contributed by atoms with Crippen molar-refractivity contribution in [1.29, 1.82) is 0 Å². The molecule has 0 aromatic heterocycles. The summed E-state index contributed by atoms with van der Waals surface area (Å²) in [4.78, 5) is 13.8. The topological polar surface area (TPSA) is 61.8 Å². The molecule has 1 aromatic rings. The Balaban J connectivity index is 2.64. The number of aliphatic hydroxyl groups is 1. The van der Waals surface area contributed by atoms with Gasteiger partial charge in [0.2, 0.25) is 0 Å². The Labute approximate surface area is 120 Å². The third-order valence-corrected chi connectivity index (χ3v) is 2.84. The Kier molecular flexibility index (Phi) is 7.50. The number of benzene rings is 1. The van der Waals surface area contributed by atoms with E-state index in [4.69, 9.17) is 9.84 Å². The predicted octanol–water partition coefficient (Wildman–Crippen LogP) is 2.71. The number of hydrogen-bond acceptors (Lipinski definition) is 3. The van der Waals surface area contributed by atoms with Crippen LogP contribution in [0.2, 0.25) is 0 Å². The van der Waals surface area contributed by atoms with Gasteiger partial charge in [0.05, 0.1) is 13.2 Å². The smallest absolute Gasteiger partial charge is 0.321 e. The van der Waals surface area contributed by atoms with Crippen LogP contribution in [0, 0.1) is 0 Å². The molecule has 20 heavy (non-hydrogen) atoms. The van der Waals surface area contributed by atoms with E-state index in [1.165, 1.54) is 0 Å². The van der Waals surface area contributed by atoms with Gasteiger partial charge in [-0.1, -0.05) is 19.4 Å². The maximum atomic E-state index is 12.1. The highest BCUT2D eigenvalue weighted by atomic mass is 16.5. The molecule has 0 radical (unpaired) electrons. The lowest BCUT2D eigenvalue weighted by molar-refractivity contribution is 0.187. The number of hydrogen-bond donors (Lipinski definition) is 2. The van der Waals surface area contributed by atoms with Crippen LogP contribution in [-0.2, 0) is 0 Å². The molecule has 2 N–H and O–H groups in total. The van der Waals surface area contributed by atoms with E-state index < -0.39 is 0 Å². The molecular weight excluding hydrogens is 256 g/mol. The predicted molar refractivity (Wildman–Crippen MR) is 80.2 cm³/mol.